The molecule has 0 saturated heterocycles. The largest absolute Gasteiger partial charge is 0.388 e. The van der Waals surface area contributed by atoms with Crippen LogP contribution in [0.1, 0.15) is 16.5 Å². The minimum atomic E-state index is -1.23. The average molecular weight is 275 g/mol. The van der Waals surface area contributed by atoms with E-state index in [4.69, 9.17) is 11.6 Å². The van der Waals surface area contributed by atoms with Crippen LogP contribution in [0.15, 0.2) is 29.6 Å². The van der Waals surface area contributed by atoms with Gasteiger partial charge in [0.05, 0.1) is 16.7 Å². The molecule has 0 amide bonds. The third-order valence-electron chi connectivity index (χ3n) is 2.40. The van der Waals surface area contributed by atoms with E-state index in [-0.39, 0.29) is 12.0 Å². The molecule has 2 aromatic rings. The van der Waals surface area contributed by atoms with Crippen molar-refractivity contribution in [3.63, 3.8) is 0 Å². The zero-order chi connectivity index (χ0) is 12.4. The van der Waals surface area contributed by atoms with Crippen LogP contribution in [-0.2, 0) is 6.42 Å². The Morgan fingerprint density at radius 2 is 1.88 bits per heavy atom. The molecule has 90 valence electrons. The SMILES string of the molecule is OC(Cc1sccc1Cl)c1c(F)cccc1F. The van der Waals surface area contributed by atoms with Gasteiger partial charge in [-0.2, -0.15) is 0 Å². The third kappa shape index (κ3) is 2.65. The zero-order valence-electron chi connectivity index (χ0n) is 8.66. The molecule has 1 atom stereocenters. The van der Waals surface area contributed by atoms with Crippen molar-refractivity contribution in [2.45, 2.75) is 12.5 Å². The lowest BCUT2D eigenvalue weighted by atomic mass is 10.0. The molecule has 0 saturated carbocycles. The number of hydrogen-bond acceptors (Lipinski definition) is 2. The second kappa shape index (κ2) is 5.12. The second-order valence-corrected chi connectivity index (χ2v) is 4.95. The topological polar surface area (TPSA) is 20.2 Å². The molecule has 1 aromatic carbocycles. The summed E-state index contributed by atoms with van der Waals surface area (Å²) in [7, 11) is 0. The van der Waals surface area contributed by atoms with Gasteiger partial charge in [-0.05, 0) is 23.6 Å². The lowest BCUT2D eigenvalue weighted by Gasteiger charge is -2.12. The zero-order valence-corrected chi connectivity index (χ0v) is 10.2. The highest BCUT2D eigenvalue weighted by molar-refractivity contribution is 7.10. The highest BCUT2D eigenvalue weighted by Gasteiger charge is 2.19. The molecule has 1 N–H and O–H groups in total. The van der Waals surface area contributed by atoms with Gasteiger partial charge in [-0.25, -0.2) is 8.78 Å². The molecule has 0 aliphatic heterocycles. The summed E-state index contributed by atoms with van der Waals surface area (Å²) in [6.45, 7) is 0. The number of aliphatic hydroxyl groups is 1. The van der Waals surface area contributed by atoms with Gasteiger partial charge in [0.1, 0.15) is 11.6 Å². The van der Waals surface area contributed by atoms with Crippen molar-refractivity contribution in [3.8, 4) is 0 Å². The first-order chi connectivity index (χ1) is 8.09. The lowest BCUT2D eigenvalue weighted by Crippen LogP contribution is -2.06. The molecule has 0 fully saturated rings. The first-order valence-corrected chi connectivity index (χ1v) is 6.19. The van der Waals surface area contributed by atoms with Crippen LogP contribution < -0.4 is 0 Å². The molecular weight excluding hydrogens is 266 g/mol. The predicted molar refractivity (Wildman–Crippen MR) is 64.4 cm³/mol. The maximum atomic E-state index is 13.4. The van der Waals surface area contributed by atoms with Crippen LogP contribution in [0, 0.1) is 11.6 Å². The van der Waals surface area contributed by atoms with Crippen LogP contribution in [0.2, 0.25) is 5.02 Å². The Bertz CT molecular complexity index is 507. The van der Waals surface area contributed by atoms with Gasteiger partial charge in [-0.3, -0.25) is 0 Å². The average Bonchev–Trinajstić information content (AvgIpc) is 2.64. The Hall–Kier alpha value is -0.970. The fourth-order valence-electron chi connectivity index (χ4n) is 1.58. The monoisotopic (exact) mass is 274 g/mol. The molecule has 0 aliphatic rings. The number of aliphatic hydroxyl groups excluding tert-OH is 1. The van der Waals surface area contributed by atoms with Crippen molar-refractivity contribution in [1.82, 2.24) is 0 Å². The van der Waals surface area contributed by atoms with Crippen molar-refractivity contribution in [2.75, 3.05) is 0 Å². The number of rotatable bonds is 3. The predicted octanol–water partition coefficient (Wildman–Crippen LogP) is 3.96. The molecule has 1 aromatic heterocycles. The molecule has 0 aliphatic carbocycles. The molecular formula is C12H9ClF2OS. The first-order valence-electron chi connectivity index (χ1n) is 4.93. The van der Waals surface area contributed by atoms with Gasteiger partial charge < -0.3 is 5.11 Å². The Morgan fingerprint density at radius 1 is 1.24 bits per heavy atom. The van der Waals surface area contributed by atoms with Gasteiger partial charge in [0.25, 0.3) is 0 Å². The third-order valence-corrected chi connectivity index (χ3v) is 3.81. The fourth-order valence-corrected chi connectivity index (χ4v) is 2.73. The summed E-state index contributed by atoms with van der Waals surface area (Å²) < 4.78 is 26.8. The number of benzene rings is 1. The van der Waals surface area contributed by atoms with Crippen molar-refractivity contribution >= 4 is 22.9 Å². The van der Waals surface area contributed by atoms with Crippen LogP contribution in [0.4, 0.5) is 8.78 Å². The molecule has 0 radical (unpaired) electrons. The molecule has 17 heavy (non-hydrogen) atoms. The Kier molecular flexibility index (Phi) is 3.76. The standard InChI is InChI=1S/C12H9ClF2OS/c13-7-4-5-17-11(7)6-10(16)12-8(14)2-1-3-9(12)15/h1-5,10,16H,6H2. The maximum Gasteiger partial charge on any atom is 0.131 e. The molecule has 1 unspecified atom stereocenters. The quantitative estimate of drug-likeness (QED) is 0.898. The van der Waals surface area contributed by atoms with Crippen LogP contribution in [0.25, 0.3) is 0 Å². The lowest BCUT2D eigenvalue weighted by molar-refractivity contribution is 0.169. The van der Waals surface area contributed by atoms with Gasteiger partial charge in [0.2, 0.25) is 0 Å². The van der Waals surface area contributed by atoms with Crippen LogP contribution in [0.5, 0.6) is 0 Å². The van der Waals surface area contributed by atoms with Gasteiger partial charge in [-0.15, -0.1) is 11.3 Å². The van der Waals surface area contributed by atoms with Gasteiger partial charge in [0.15, 0.2) is 0 Å². The van der Waals surface area contributed by atoms with E-state index in [9.17, 15) is 13.9 Å². The van der Waals surface area contributed by atoms with E-state index in [1.807, 2.05) is 0 Å². The fraction of sp³-hybridized carbons (Fsp3) is 0.167. The number of thiophene rings is 1. The van der Waals surface area contributed by atoms with Crippen LogP contribution in [-0.4, -0.2) is 5.11 Å². The molecule has 5 heteroatoms. The normalized spacial score (nSPS) is 12.7. The van der Waals surface area contributed by atoms with Crippen LogP contribution in [0.3, 0.4) is 0 Å². The van der Waals surface area contributed by atoms with Gasteiger partial charge in [0, 0.05) is 11.3 Å². The molecule has 0 spiro atoms. The van der Waals surface area contributed by atoms with Crippen molar-refractivity contribution < 1.29 is 13.9 Å². The van der Waals surface area contributed by atoms with E-state index >= 15 is 0 Å². The van der Waals surface area contributed by atoms with Gasteiger partial charge >= 0.3 is 0 Å². The minimum Gasteiger partial charge on any atom is -0.388 e. The van der Waals surface area contributed by atoms with E-state index in [0.29, 0.717) is 9.90 Å². The summed E-state index contributed by atoms with van der Waals surface area (Å²) in [4.78, 5) is 0.710. The number of halogens is 3. The molecule has 0 bridgehead atoms. The summed E-state index contributed by atoms with van der Waals surface area (Å²) in [6.07, 6.45) is -1.12. The Labute approximate surface area is 106 Å². The van der Waals surface area contributed by atoms with E-state index in [0.717, 1.165) is 12.1 Å². The summed E-state index contributed by atoms with van der Waals surface area (Å²) in [6, 6.07) is 5.19. The van der Waals surface area contributed by atoms with Crippen molar-refractivity contribution in [2.24, 2.45) is 0 Å². The van der Waals surface area contributed by atoms with E-state index < -0.39 is 17.7 Å². The summed E-state index contributed by atoms with van der Waals surface area (Å²) >= 11 is 7.21. The summed E-state index contributed by atoms with van der Waals surface area (Å²) in [5.74, 6) is -1.49. The maximum absolute atomic E-state index is 13.4. The van der Waals surface area contributed by atoms with Crippen molar-refractivity contribution in [3.05, 3.63) is 56.7 Å². The van der Waals surface area contributed by atoms with E-state index in [1.165, 1.54) is 17.4 Å². The number of hydrogen-bond donors (Lipinski definition) is 1. The molecule has 1 nitrogen and oxygen atoms in total. The van der Waals surface area contributed by atoms with Crippen molar-refractivity contribution in [1.29, 1.82) is 0 Å². The van der Waals surface area contributed by atoms with E-state index in [1.54, 1.807) is 11.4 Å². The first kappa shape index (κ1) is 12.5. The molecule has 2 rings (SSSR count). The smallest absolute Gasteiger partial charge is 0.131 e. The molecule has 1 heterocycles. The highest BCUT2D eigenvalue weighted by atomic mass is 35.5. The second-order valence-electron chi connectivity index (χ2n) is 3.55. The Balaban J connectivity index is 2.26. The van der Waals surface area contributed by atoms with Crippen LogP contribution >= 0.6 is 22.9 Å². The Morgan fingerprint density at radius 3 is 2.41 bits per heavy atom. The summed E-state index contributed by atoms with van der Waals surface area (Å²) in [5.41, 5.74) is -0.308. The summed E-state index contributed by atoms with van der Waals surface area (Å²) in [5, 5.41) is 12.1. The minimum absolute atomic E-state index is 0.106. The van der Waals surface area contributed by atoms with E-state index in [2.05, 4.69) is 0 Å². The highest BCUT2D eigenvalue weighted by Crippen LogP contribution is 2.29. The van der Waals surface area contributed by atoms with Gasteiger partial charge in [-0.1, -0.05) is 17.7 Å².